The molecule has 96 valence electrons. The van der Waals surface area contributed by atoms with Crippen LogP contribution >= 0.6 is 0 Å². The van der Waals surface area contributed by atoms with E-state index in [0.717, 1.165) is 12.1 Å². The smallest absolute Gasteiger partial charge is 0.229 e. The molecule has 1 amide bonds. The molecule has 4 heteroatoms. The van der Waals surface area contributed by atoms with Crippen molar-refractivity contribution >= 4 is 5.91 Å². The highest BCUT2D eigenvalue weighted by molar-refractivity contribution is 5.81. The van der Waals surface area contributed by atoms with E-state index in [1.165, 1.54) is 0 Å². The zero-order chi connectivity index (χ0) is 13.0. The molecule has 2 unspecified atom stereocenters. The molecule has 2 N–H and O–H groups in total. The number of nitrogens with zero attached hydrogens (tertiary/aromatic N) is 2. The quantitative estimate of drug-likeness (QED) is 0.814. The molecule has 0 spiro atoms. The molecule has 0 bridgehead atoms. The number of carbonyl (C=O) groups excluding carboxylic acids is 1. The summed E-state index contributed by atoms with van der Waals surface area (Å²) in [5, 5.41) is 0. The second-order valence-electron chi connectivity index (χ2n) is 4.56. The lowest BCUT2D eigenvalue weighted by Crippen LogP contribution is -2.35. The number of amides is 1. The monoisotopic (exact) mass is 245 g/mol. The highest BCUT2D eigenvalue weighted by atomic mass is 16.2. The molecule has 1 aromatic rings. The van der Waals surface area contributed by atoms with Crippen molar-refractivity contribution in [3.8, 4) is 0 Å². The fraction of sp³-hybridized carbons (Fsp3) is 0.429. The molecule has 1 aliphatic carbocycles. The van der Waals surface area contributed by atoms with Gasteiger partial charge in [-0.05, 0) is 25.5 Å². The van der Waals surface area contributed by atoms with Gasteiger partial charge in [0.25, 0.3) is 0 Å². The summed E-state index contributed by atoms with van der Waals surface area (Å²) >= 11 is 0. The zero-order valence-corrected chi connectivity index (χ0v) is 10.6. The largest absolute Gasteiger partial charge is 0.337 e. The van der Waals surface area contributed by atoms with Gasteiger partial charge in [0.1, 0.15) is 0 Å². The van der Waals surface area contributed by atoms with E-state index in [1.807, 2.05) is 42.2 Å². The normalized spacial score (nSPS) is 22.1. The maximum Gasteiger partial charge on any atom is 0.229 e. The summed E-state index contributed by atoms with van der Waals surface area (Å²) in [7, 11) is 0. The van der Waals surface area contributed by atoms with Gasteiger partial charge in [-0.2, -0.15) is 0 Å². The molecule has 1 aliphatic rings. The SMILES string of the molecule is CCN(Cc1ccccn1)C(=O)C1C=CC(N)C1. The van der Waals surface area contributed by atoms with Crippen LogP contribution in [0.15, 0.2) is 36.5 Å². The fourth-order valence-corrected chi connectivity index (χ4v) is 2.18. The van der Waals surface area contributed by atoms with Gasteiger partial charge in [-0.15, -0.1) is 0 Å². The molecule has 0 aliphatic heterocycles. The Morgan fingerprint density at radius 2 is 2.33 bits per heavy atom. The molecule has 0 saturated carbocycles. The van der Waals surface area contributed by atoms with Crippen LogP contribution in [0.3, 0.4) is 0 Å². The summed E-state index contributed by atoms with van der Waals surface area (Å²) in [6.07, 6.45) is 6.31. The van der Waals surface area contributed by atoms with E-state index in [1.54, 1.807) is 6.20 Å². The van der Waals surface area contributed by atoms with Crippen molar-refractivity contribution in [3.63, 3.8) is 0 Å². The van der Waals surface area contributed by atoms with Crippen molar-refractivity contribution < 1.29 is 4.79 Å². The van der Waals surface area contributed by atoms with Crippen LogP contribution in [0, 0.1) is 5.92 Å². The van der Waals surface area contributed by atoms with Gasteiger partial charge in [0.15, 0.2) is 0 Å². The van der Waals surface area contributed by atoms with Gasteiger partial charge in [-0.3, -0.25) is 9.78 Å². The van der Waals surface area contributed by atoms with Crippen molar-refractivity contribution in [2.75, 3.05) is 6.54 Å². The van der Waals surface area contributed by atoms with Crippen LogP contribution in [0.5, 0.6) is 0 Å². The molecule has 1 aromatic heterocycles. The van der Waals surface area contributed by atoms with Crippen molar-refractivity contribution in [1.29, 1.82) is 0 Å². The van der Waals surface area contributed by atoms with Gasteiger partial charge < -0.3 is 10.6 Å². The molecule has 0 aromatic carbocycles. The molecule has 0 radical (unpaired) electrons. The number of rotatable bonds is 4. The average molecular weight is 245 g/mol. The third-order valence-corrected chi connectivity index (χ3v) is 3.21. The maximum atomic E-state index is 12.3. The predicted molar refractivity (Wildman–Crippen MR) is 70.6 cm³/mol. The highest BCUT2D eigenvalue weighted by Gasteiger charge is 2.26. The van der Waals surface area contributed by atoms with Crippen LogP contribution in [0.2, 0.25) is 0 Å². The van der Waals surface area contributed by atoms with Crippen molar-refractivity contribution in [2.24, 2.45) is 11.7 Å². The van der Waals surface area contributed by atoms with Crippen molar-refractivity contribution in [2.45, 2.75) is 25.9 Å². The Morgan fingerprint density at radius 3 is 2.89 bits per heavy atom. The second kappa shape index (κ2) is 5.78. The minimum atomic E-state index is -0.0661. The van der Waals surface area contributed by atoms with Gasteiger partial charge >= 0.3 is 0 Å². The van der Waals surface area contributed by atoms with Gasteiger partial charge in [-0.25, -0.2) is 0 Å². The molecule has 2 rings (SSSR count). The predicted octanol–water partition coefficient (Wildman–Crippen LogP) is 1.33. The van der Waals surface area contributed by atoms with E-state index in [2.05, 4.69) is 4.98 Å². The number of aromatic nitrogens is 1. The number of hydrogen-bond acceptors (Lipinski definition) is 3. The van der Waals surface area contributed by atoms with Crippen LogP contribution in [0.4, 0.5) is 0 Å². The summed E-state index contributed by atoms with van der Waals surface area (Å²) in [4.78, 5) is 18.4. The van der Waals surface area contributed by atoms with Gasteiger partial charge in [0, 0.05) is 18.8 Å². The summed E-state index contributed by atoms with van der Waals surface area (Å²) in [6.45, 7) is 3.24. The summed E-state index contributed by atoms with van der Waals surface area (Å²) in [6, 6.07) is 5.77. The summed E-state index contributed by atoms with van der Waals surface area (Å²) in [5.41, 5.74) is 6.70. The van der Waals surface area contributed by atoms with Crippen LogP contribution in [-0.4, -0.2) is 28.4 Å². The molecule has 2 atom stereocenters. The maximum absolute atomic E-state index is 12.3. The van der Waals surface area contributed by atoms with E-state index in [-0.39, 0.29) is 17.9 Å². The molecular formula is C14H19N3O. The Labute approximate surface area is 108 Å². The molecule has 0 saturated heterocycles. The third-order valence-electron chi connectivity index (χ3n) is 3.21. The van der Waals surface area contributed by atoms with Crippen LogP contribution < -0.4 is 5.73 Å². The Bertz CT molecular complexity index is 430. The first-order chi connectivity index (χ1) is 8.70. The van der Waals surface area contributed by atoms with E-state index in [4.69, 9.17) is 5.73 Å². The molecule has 1 heterocycles. The first-order valence-electron chi connectivity index (χ1n) is 6.33. The molecule has 18 heavy (non-hydrogen) atoms. The first kappa shape index (κ1) is 12.8. The molecule has 4 nitrogen and oxygen atoms in total. The van der Waals surface area contributed by atoms with E-state index >= 15 is 0 Å². The topological polar surface area (TPSA) is 59.2 Å². The Morgan fingerprint density at radius 1 is 1.50 bits per heavy atom. The zero-order valence-electron chi connectivity index (χ0n) is 10.6. The van der Waals surface area contributed by atoms with Crippen LogP contribution in [0.25, 0.3) is 0 Å². The molecule has 0 fully saturated rings. The minimum absolute atomic E-state index is 0.0208. The highest BCUT2D eigenvalue weighted by Crippen LogP contribution is 2.19. The fourth-order valence-electron chi connectivity index (χ4n) is 2.18. The van der Waals surface area contributed by atoms with Crippen LogP contribution in [-0.2, 0) is 11.3 Å². The third kappa shape index (κ3) is 2.96. The lowest BCUT2D eigenvalue weighted by molar-refractivity contribution is -0.134. The van der Waals surface area contributed by atoms with E-state index < -0.39 is 0 Å². The van der Waals surface area contributed by atoms with Crippen molar-refractivity contribution in [3.05, 3.63) is 42.2 Å². The van der Waals surface area contributed by atoms with Gasteiger partial charge in [-0.1, -0.05) is 18.2 Å². The Hall–Kier alpha value is -1.68. The van der Waals surface area contributed by atoms with Crippen molar-refractivity contribution in [1.82, 2.24) is 9.88 Å². The number of nitrogens with two attached hydrogens (primary N) is 1. The molecular weight excluding hydrogens is 226 g/mol. The number of carbonyl (C=O) groups is 1. The first-order valence-corrected chi connectivity index (χ1v) is 6.33. The lowest BCUT2D eigenvalue weighted by Gasteiger charge is -2.23. The average Bonchev–Trinajstić information content (AvgIpc) is 2.83. The van der Waals surface area contributed by atoms with E-state index in [9.17, 15) is 4.79 Å². The standard InChI is InChI=1S/C14H19N3O/c1-2-17(10-13-5-3-4-8-16-13)14(18)11-6-7-12(15)9-11/h3-8,11-12H,2,9-10,15H2,1H3. The van der Waals surface area contributed by atoms with Crippen LogP contribution in [0.1, 0.15) is 19.0 Å². The van der Waals surface area contributed by atoms with Gasteiger partial charge in [0.2, 0.25) is 5.91 Å². The van der Waals surface area contributed by atoms with E-state index in [0.29, 0.717) is 13.1 Å². The second-order valence-corrected chi connectivity index (χ2v) is 4.56. The minimum Gasteiger partial charge on any atom is -0.337 e. The Kier molecular flexibility index (Phi) is 4.10. The number of hydrogen-bond donors (Lipinski definition) is 1. The summed E-state index contributed by atoms with van der Waals surface area (Å²) < 4.78 is 0. The Balaban J connectivity index is 2.01. The van der Waals surface area contributed by atoms with Gasteiger partial charge in [0.05, 0.1) is 18.2 Å². The summed E-state index contributed by atoms with van der Waals surface area (Å²) in [5.74, 6) is 0.0796. The number of pyridine rings is 1. The lowest BCUT2D eigenvalue weighted by atomic mass is 10.1.